The largest absolute Gasteiger partial charge is 0.398 e. The number of nitrogen functional groups attached to an aromatic ring is 1. The molecule has 2 nitrogen and oxygen atoms in total. The molecule has 20 heavy (non-hydrogen) atoms. The lowest BCUT2D eigenvalue weighted by molar-refractivity contribution is 0.223. The molecule has 3 N–H and O–H groups in total. The lowest BCUT2D eigenvalue weighted by Gasteiger charge is -2.31. The molecule has 2 rings (SSSR count). The van der Waals surface area contributed by atoms with E-state index in [0.29, 0.717) is 5.41 Å². The second-order valence-electron chi connectivity index (χ2n) is 6.75. The van der Waals surface area contributed by atoms with E-state index in [0.717, 1.165) is 29.2 Å². The summed E-state index contributed by atoms with van der Waals surface area (Å²) in [7, 11) is 0. The van der Waals surface area contributed by atoms with E-state index in [9.17, 15) is 0 Å². The summed E-state index contributed by atoms with van der Waals surface area (Å²) in [5.74, 6) is 0.785. The summed E-state index contributed by atoms with van der Waals surface area (Å²) < 4.78 is 1.05. The van der Waals surface area contributed by atoms with Crippen molar-refractivity contribution in [1.82, 2.24) is 5.32 Å². The predicted molar refractivity (Wildman–Crippen MR) is 90.6 cm³/mol. The first-order valence-electron chi connectivity index (χ1n) is 7.75. The van der Waals surface area contributed by atoms with Crippen molar-refractivity contribution < 1.29 is 0 Å². The summed E-state index contributed by atoms with van der Waals surface area (Å²) in [4.78, 5) is 0. The maximum absolute atomic E-state index is 6.06. The molecule has 1 fully saturated rings. The average Bonchev–Trinajstić information content (AvgIpc) is 2.80. The second kappa shape index (κ2) is 6.95. The fourth-order valence-corrected chi connectivity index (χ4v) is 4.01. The van der Waals surface area contributed by atoms with Gasteiger partial charge in [-0.05, 0) is 48.3 Å². The number of hydrogen-bond acceptors (Lipinski definition) is 2. The van der Waals surface area contributed by atoms with Gasteiger partial charge < -0.3 is 11.1 Å². The van der Waals surface area contributed by atoms with Crippen LogP contribution < -0.4 is 11.1 Å². The summed E-state index contributed by atoms with van der Waals surface area (Å²) >= 11 is 3.45. The van der Waals surface area contributed by atoms with Gasteiger partial charge in [0.1, 0.15) is 0 Å². The van der Waals surface area contributed by atoms with Crippen LogP contribution in [0.4, 0.5) is 5.69 Å². The SMILES string of the molecule is CC(C)CC1(CNCc2ccc(Br)cc2N)CCCC1. The van der Waals surface area contributed by atoms with Crippen molar-refractivity contribution in [3.8, 4) is 0 Å². The molecule has 0 radical (unpaired) electrons. The van der Waals surface area contributed by atoms with Crippen LogP contribution in [0.2, 0.25) is 0 Å². The lowest BCUT2D eigenvalue weighted by atomic mass is 9.78. The Morgan fingerprint density at radius 1 is 1.30 bits per heavy atom. The number of anilines is 1. The van der Waals surface area contributed by atoms with Crippen molar-refractivity contribution in [2.75, 3.05) is 12.3 Å². The molecule has 0 heterocycles. The first kappa shape index (κ1) is 15.8. The van der Waals surface area contributed by atoms with Gasteiger partial charge in [-0.2, -0.15) is 0 Å². The highest BCUT2D eigenvalue weighted by atomic mass is 79.9. The van der Waals surface area contributed by atoms with Gasteiger partial charge in [0, 0.05) is 23.2 Å². The summed E-state index contributed by atoms with van der Waals surface area (Å²) in [6.07, 6.45) is 6.90. The number of nitrogens with two attached hydrogens (primary N) is 1. The van der Waals surface area contributed by atoms with E-state index in [2.05, 4.69) is 47.2 Å². The summed E-state index contributed by atoms with van der Waals surface area (Å²) in [5.41, 5.74) is 8.66. The van der Waals surface area contributed by atoms with Crippen LogP contribution in [0, 0.1) is 11.3 Å². The fourth-order valence-electron chi connectivity index (χ4n) is 3.63. The van der Waals surface area contributed by atoms with Crippen molar-refractivity contribution in [3.05, 3.63) is 28.2 Å². The average molecular weight is 339 g/mol. The second-order valence-corrected chi connectivity index (χ2v) is 7.67. The van der Waals surface area contributed by atoms with Crippen LogP contribution in [0.15, 0.2) is 22.7 Å². The molecule has 0 aromatic heterocycles. The highest BCUT2D eigenvalue weighted by molar-refractivity contribution is 9.10. The molecule has 112 valence electrons. The Balaban J connectivity index is 1.90. The summed E-state index contributed by atoms with van der Waals surface area (Å²) in [5, 5.41) is 3.65. The number of hydrogen-bond donors (Lipinski definition) is 2. The normalized spacial score (nSPS) is 17.8. The van der Waals surface area contributed by atoms with Gasteiger partial charge in [0.2, 0.25) is 0 Å². The molecule has 1 aliphatic rings. The Bertz CT molecular complexity index is 437. The molecule has 0 spiro atoms. The molecule has 0 aliphatic heterocycles. The molecular formula is C17H27BrN2. The zero-order valence-electron chi connectivity index (χ0n) is 12.7. The Labute approximate surface area is 131 Å². The predicted octanol–water partition coefficient (Wildman–Crippen LogP) is 4.73. The zero-order chi connectivity index (χ0) is 14.6. The number of rotatable bonds is 6. The number of nitrogens with one attached hydrogen (secondary N) is 1. The molecule has 1 aromatic carbocycles. The molecule has 0 bridgehead atoms. The molecule has 1 saturated carbocycles. The summed E-state index contributed by atoms with van der Waals surface area (Å²) in [6, 6.07) is 6.15. The van der Waals surface area contributed by atoms with E-state index in [1.165, 1.54) is 37.7 Å². The highest BCUT2D eigenvalue weighted by Crippen LogP contribution is 2.42. The minimum absolute atomic E-state index is 0.526. The maximum atomic E-state index is 6.06. The smallest absolute Gasteiger partial charge is 0.0370 e. The van der Waals surface area contributed by atoms with E-state index in [-0.39, 0.29) is 0 Å². The van der Waals surface area contributed by atoms with Gasteiger partial charge in [0.15, 0.2) is 0 Å². The van der Waals surface area contributed by atoms with Gasteiger partial charge in [0.05, 0.1) is 0 Å². The van der Waals surface area contributed by atoms with Gasteiger partial charge in [0.25, 0.3) is 0 Å². The molecule has 3 heteroatoms. The lowest BCUT2D eigenvalue weighted by Crippen LogP contribution is -2.33. The van der Waals surface area contributed by atoms with E-state index in [1.807, 2.05) is 6.07 Å². The Morgan fingerprint density at radius 2 is 2.00 bits per heavy atom. The molecule has 1 aliphatic carbocycles. The topological polar surface area (TPSA) is 38.0 Å². The van der Waals surface area contributed by atoms with E-state index < -0.39 is 0 Å². The molecule has 0 atom stereocenters. The third-order valence-electron chi connectivity index (χ3n) is 4.43. The van der Waals surface area contributed by atoms with E-state index in [4.69, 9.17) is 5.73 Å². The Kier molecular flexibility index (Phi) is 5.50. The van der Waals surface area contributed by atoms with Crippen LogP contribution in [0.1, 0.15) is 51.5 Å². The van der Waals surface area contributed by atoms with Crippen molar-refractivity contribution in [3.63, 3.8) is 0 Å². The minimum Gasteiger partial charge on any atom is -0.398 e. The van der Waals surface area contributed by atoms with E-state index >= 15 is 0 Å². The van der Waals surface area contributed by atoms with Gasteiger partial charge >= 0.3 is 0 Å². The van der Waals surface area contributed by atoms with E-state index in [1.54, 1.807) is 0 Å². The van der Waals surface area contributed by atoms with Crippen LogP contribution >= 0.6 is 15.9 Å². The zero-order valence-corrected chi connectivity index (χ0v) is 14.3. The van der Waals surface area contributed by atoms with Crippen LogP contribution in [0.25, 0.3) is 0 Å². The first-order chi connectivity index (χ1) is 9.51. The Morgan fingerprint density at radius 3 is 2.60 bits per heavy atom. The monoisotopic (exact) mass is 338 g/mol. The first-order valence-corrected chi connectivity index (χ1v) is 8.55. The van der Waals surface area contributed by atoms with Crippen molar-refractivity contribution in [1.29, 1.82) is 0 Å². The van der Waals surface area contributed by atoms with Gasteiger partial charge in [-0.25, -0.2) is 0 Å². The van der Waals surface area contributed by atoms with Crippen LogP contribution in [-0.4, -0.2) is 6.54 Å². The van der Waals surface area contributed by atoms with Crippen LogP contribution in [-0.2, 0) is 6.54 Å². The van der Waals surface area contributed by atoms with Gasteiger partial charge in [-0.1, -0.05) is 48.7 Å². The molecule has 0 saturated heterocycles. The molecule has 0 unspecified atom stereocenters. The molecular weight excluding hydrogens is 312 g/mol. The highest BCUT2D eigenvalue weighted by Gasteiger charge is 2.33. The van der Waals surface area contributed by atoms with Crippen molar-refractivity contribution in [2.24, 2.45) is 11.3 Å². The maximum Gasteiger partial charge on any atom is 0.0370 e. The number of benzene rings is 1. The third-order valence-corrected chi connectivity index (χ3v) is 4.92. The molecule has 0 amide bonds. The van der Waals surface area contributed by atoms with Crippen molar-refractivity contribution in [2.45, 2.75) is 52.5 Å². The standard InChI is InChI=1S/C17H27BrN2/c1-13(2)10-17(7-3-4-8-17)12-20-11-14-5-6-15(18)9-16(14)19/h5-6,9,13,20H,3-4,7-8,10-12,19H2,1-2H3. The van der Waals surface area contributed by atoms with Gasteiger partial charge in [-0.3, -0.25) is 0 Å². The molecule has 1 aromatic rings. The van der Waals surface area contributed by atoms with Crippen molar-refractivity contribution >= 4 is 21.6 Å². The third kappa shape index (κ3) is 4.23. The van der Waals surface area contributed by atoms with Crippen LogP contribution in [0.5, 0.6) is 0 Å². The number of halogens is 1. The van der Waals surface area contributed by atoms with Crippen LogP contribution in [0.3, 0.4) is 0 Å². The quantitative estimate of drug-likeness (QED) is 0.736. The summed E-state index contributed by atoms with van der Waals surface area (Å²) in [6.45, 7) is 6.68. The fraction of sp³-hybridized carbons (Fsp3) is 0.647. The minimum atomic E-state index is 0.526. The Hall–Kier alpha value is -0.540. The van der Waals surface area contributed by atoms with Gasteiger partial charge in [-0.15, -0.1) is 0 Å².